The molecule has 1 aliphatic heterocycles. The highest BCUT2D eigenvalue weighted by Gasteiger charge is 2.35. The number of hydrogen-bond donors (Lipinski definition) is 2. The summed E-state index contributed by atoms with van der Waals surface area (Å²) in [6, 6.07) is 30.8. The first-order valence-corrected chi connectivity index (χ1v) is 17.0. The summed E-state index contributed by atoms with van der Waals surface area (Å²) >= 11 is 7.89. The van der Waals surface area contributed by atoms with Gasteiger partial charge in [0.05, 0.1) is 18.4 Å². The maximum atomic E-state index is 14.0. The van der Waals surface area contributed by atoms with E-state index < -0.39 is 6.04 Å². The van der Waals surface area contributed by atoms with Gasteiger partial charge in [-0.2, -0.15) is 4.98 Å². The van der Waals surface area contributed by atoms with Crippen molar-refractivity contribution in [1.82, 2.24) is 14.8 Å². The molecule has 1 aromatic heterocycles. The summed E-state index contributed by atoms with van der Waals surface area (Å²) in [5.74, 6) is 2.17. The van der Waals surface area contributed by atoms with Crippen molar-refractivity contribution in [2.75, 3.05) is 17.7 Å². The highest BCUT2D eigenvalue weighted by Crippen LogP contribution is 2.38. The molecule has 0 saturated heterocycles. The van der Waals surface area contributed by atoms with Gasteiger partial charge in [0, 0.05) is 16.5 Å². The first-order chi connectivity index (χ1) is 23.1. The van der Waals surface area contributed by atoms with Crippen LogP contribution in [0.25, 0.3) is 0 Å². The van der Waals surface area contributed by atoms with E-state index in [1.807, 2.05) is 79.7 Å². The molecule has 0 fully saturated rings. The van der Waals surface area contributed by atoms with Gasteiger partial charge in [0.15, 0.2) is 0 Å². The molecule has 0 aliphatic carbocycles. The van der Waals surface area contributed by atoms with Gasteiger partial charge in [0.2, 0.25) is 11.1 Å². The van der Waals surface area contributed by atoms with Crippen LogP contribution in [0.2, 0.25) is 5.02 Å². The average molecular weight is 680 g/mol. The zero-order valence-corrected chi connectivity index (χ0v) is 29.2. The third-order valence-electron chi connectivity index (χ3n) is 8.17. The van der Waals surface area contributed by atoms with Gasteiger partial charge in [-0.05, 0) is 64.9 Å². The normalized spacial score (nSPS) is 14.2. The Balaban J connectivity index is 1.28. The number of allylic oxidation sites excluding steroid dienone is 1. The van der Waals surface area contributed by atoms with E-state index in [4.69, 9.17) is 31.2 Å². The van der Waals surface area contributed by atoms with E-state index in [2.05, 4.69) is 55.7 Å². The second-order valence-electron chi connectivity index (χ2n) is 12.6. The van der Waals surface area contributed by atoms with E-state index in [1.165, 1.54) is 17.3 Å². The number of halogens is 1. The maximum absolute atomic E-state index is 14.0. The Morgan fingerprint density at radius 3 is 2.40 bits per heavy atom. The molecule has 1 amide bonds. The van der Waals surface area contributed by atoms with Crippen LogP contribution in [0.5, 0.6) is 11.5 Å². The van der Waals surface area contributed by atoms with Gasteiger partial charge in [-0.1, -0.05) is 111 Å². The number of rotatable bonds is 10. The molecular weight excluding hydrogens is 642 g/mol. The SMILES string of the molecule is COc1ccccc1NC(=O)C1=C(C)Nc2nc(SCc3ccccc3Cl)nn2C1c1ccc(OCc2ccc(C(C)(C)C)cc2)cc1. The summed E-state index contributed by atoms with van der Waals surface area (Å²) in [6.07, 6.45) is 0. The second kappa shape index (κ2) is 14.2. The van der Waals surface area contributed by atoms with Crippen LogP contribution in [-0.4, -0.2) is 27.8 Å². The van der Waals surface area contributed by atoms with E-state index in [0.29, 0.717) is 51.2 Å². The standard InChI is InChI=1S/C38H38ClN5O3S/c1-24-33(35(45)41-31-12-8-9-13-32(31)46-5)34(44-36(40-24)42-37(43-44)48-23-27-10-6-7-11-30(27)39)26-16-20-29(21-17-26)47-22-25-14-18-28(19-15-25)38(2,3)4/h6-21,34H,22-23H2,1-5H3,(H,41,45)(H,40,42,43). The third-order valence-corrected chi connectivity index (χ3v) is 9.42. The molecule has 0 saturated carbocycles. The van der Waals surface area contributed by atoms with Crippen LogP contribution in [0.1, 0.15) is 56.0 Å². The zero-order valence-electron chi connectivity index (χ0n) is 27.6. The number of carbonyl (C=O) groups excluding carboxylic acids is 1. The quantitative estimate of drug-likeness (QED) is 0.142. The fourth-order valence-corrected chi connectivity index (χ4v) is 6.62. The number of hydrogen-bond acceptors (Lipinski definition) is 7. The minimum absolute atomic E-state index is 0.0958. The summed E-state index contributed by atoms with van der Waals surface area (Å²) in [4.78, 5) is 18.8. The Hall–Kier alpha value is -4.73. The summed E-state index contributed by atoms with van der Waals surface area (Å²) in [7, 11) is 1.58. The number of thioether (sulfide) groups is 1. The Kier molecular flexibility index (Phi) is 9.80. The van der Waals surface area contributed by atoms with Crippen molar-refractivity contribution in [3.05, 3.63) is 136 Å². The smallest absolute Gasteiger partial charge is 0.255 e. The van der Waals surface area contributed by atoms with Gasteiger partial charge in [0.25, 0.3) is 5.91 Å². The van der Waals surface area contributed by atoms with Crippen LogP contribution < -0.4 is 20.1 Å². The van der Waals surface area contributed by atoms with Crippen LogP contribution in [0.15, 0.2) is 113 Å². The average Bonchev–Trinajstić information content (AvgIpc) is 3.49. The Morgan fingerprint density at radius 1 is 0.979 bits per heavy atom. The molecule has 246 valence electrons. The van der Waals surface area contributed by atoms with Crippen molar-refractivity contribution in [2.24, 2.45) is 0 Å². The third kappa shape index (κ3) is 7.37. The number of fused-ring (bicyclic) bond motifs is 1. The number of para-hydroxylation sites is 2. The number of carbonyl (C=O) groups is 1. The largest absolute Gasteiger partial charge is 0.495 e. The van der Waals surface area contributed by atoms with Crippen LogP contribution >= 0.6 is 23.4 Å². The molecular formula is C38H38ClN5O3S. The summed E-state index contributed by atoms with van der Waals surface area (Å²) in [5.41, 5.74) is 6.08. The van der Waals surface area contributed by atoms with Crippen LogP contribution in [0.3, 0.4) is 0 Å². The molecule has 1 atom stereocenters. The predicted octanol–water partition coefficient (Wildman–Crippen LogP) is 9.04. The molecule has 8 nitrogen and oxygen atoms in total. The number of nitrogens with one attached hydrogen (secondary N) is 2. The van der Waals surface area contributed by atoms with Crippen LogP contribution in [0, 0.1) is 0 Å². The second-order valence-corrected chi connectivity index (χ2v) is 13.9. The molecule has 10 heteroatoms. The number of anilines is 2. The van der Waals surface area contributed by atoms with E-state index >= 15 is 0 Å². The lowest BCUT2D eigenvalue weighted by Crippen LogP contribution is -2.31. The number of methoxy groups -OCH3 is 1. The number of benzene rings is 4. The zero-order chi connectivity index (χ0) is 33.8. The number of nitrogens with zero attached hydrogens (tertiary/aromatic N) is 3. The molecule has 5 aromatic rings. The van der Waals surface area contributed by atoms with Gasteiger partial charge >= 0.3 is 0 Å². The van der Waals surface area contributed by atoms with Crippen molar-refractivity contribution in [3.8, 4) is 11.5 Å². The van der Waals surface area contributed by atoms with Gasteiger partial charge in [-0.25, -0.2) is 4.68 Å². The van der Waals surface area contributed by atoms with Crippen LogP contribution in [0.4, 0.5) is 11.6 Å². The van der Waals surface area contributed by atoms with Gasteiger partial charge in [0.1, 0.15) is 24.1 Å². The first-order valence-electron chi connectivity index (χ1n) is 15.7. The molecule has 1 unspecified atom stereocenters. The summed E-state index contributed by atoms with van der Waals surface area (Å²) < 4.78 is 13.4. The Labute approximate surface area is 290 Å². The minimum Gasteiger partial charge on any atom is -0.495 e. The summed E-state index contributed by atoms with van der Waals surface area (Å²) in [6.45, 7) is 8.93. The number of aromatic nitrogens is 3. The van der Waals surface area contributed by atoms with Crippen molar-refractivity contribution in [1.29, 1.82) is 0 Å². The lowest BCUT2D eigenvalue weighted by Gasteiger charge is -2.29. The molecule has 2 heterocycles. The fraction of sp³-hybridized carbons (Fsp3) is 0.237. The monoisotopic (exact) mass is 679 g/mol. The van der Waals surface area contributed by atoms with Gasteiger partial charge < -0.3 is 20.1 Å². The van der Waals surface area contributed by atoms with E-state index in [-0.39, 0.29) is 11.3 Å². The van der Waals surface area contributed by atoms with E-state index in [1.54, 1.807) is 11.8 Å². The highest BCUT2D eigenvalue weighted by atomic mass is 35.5. The maximum Gasteiger partial charge on any atom is 0.255 e. The number of ether oxygens (including phenoxy) is 2. The van der Waals surface area contributed by atoms with E-state index in [0.717, 1.165) is 22.4 Å². The molecule has 4 aromatic carbocycles. The Bertz CT molecular complexity index is 1950. The lowest BCUT2D eigenvalue weighted by molar-refractivity contribution is -0.113. The Morgan fingerprint density at radius 2 is 1.69 bits per heavy atom. The first kappa shape index (κ1) is 33.2. The predicted molar refractivity (Wildman–Crippen MR) is 193 cm³/mol. The molecule has 48 heavy (non-hydrogen) atoms. The minimum atomic E-state index is -0.558. The lowest BCUT2D eigenvalue weighted by atomic mass is 9.87. The van der Waals surface area contributed by atoms with E-state index in [9.17, 15) is 4.79 Å². The fourth-order valence-electron chi connectivity index (χ4n) is 5.50. The molecule has 6 rings (SSSR count). The van der Waals surface area contributed by atoms with Gasteiger partial charge in [-0.3, -0.25) is 4.79 Å². The highest BCUT2D eigenvalue weighted by molar-refractivity contribution is 7.98. The number of amides is 1. The van der Waals surface area contributed by atoms with Crippen molar-refractivity contribution in [3.63, 3.8) is 0 Å². The molecule has 0 bridgehead atoms. The van der Waals surface area contributed by atoms with Crippen molar-refractivity contribution >= 4 is 40.9 Å². The van der Waals surface area contributed by atoms with Crippen molar-refractivity contribution < 1.29 is 14.3 Å². The molecule has 0 radical (unpaired) electrons. The summed E-state index contributed by atoms with van der Waals surface area (Å²) in [5, 5.41) is 12.5. The molecule has 0 spiro atoms. The van der Waals surface area contributed by atoms with Gasteiger partial charge in [-0.15, -0.1) is 5.10 Å². The topological polar surface area (TPSA) is 90.3 Å². The molecule has 1 aliphatic rings. The van der Waals surface area contributed by atoms with Crippen LogP contribution in [-0.2, 0) is 22.6 Å². The van der Waals surface area contributed by atoms with Crippen molar-refractivity contribution in [2.45, 2.75) is 56.7 Å². The molecule has 2 N–H and O–H groups in total.